The highest BCUT2D eigenvalue weighted by Gasteiger charge is 2.49. The average Bonchev–Trinajstić information content (AvgIpc) is 3.10. The highest BCUT2D eigenvalue weighted by Crippen LogP contribution is 2.28. The third kappa shape index (κ3) is 3.59. The zero-order valence-electron chi connectivity index (χ0n) is 14.8. The largest absolute Gasteiger partial charge is 0.390 e. The van der Waals surface area contributed by atoms with E-state index in [4.69, 9.17) is 14.2 Å². The van der Waals surface area contributed by atoms with Crippen LogP contribution in [-0.2, 0) is 20.8 Å². The van der Waals surface area contributed by atoms with Crippen molar-refractivity contribution in [1.29, 1.82) is 0 Å². The standard InChI is InChI=1S/C19H25N3O4/c1-24-7-6-20-17-18(23)16(15-11-25-19(17)26-15)22-10-12-8-13-4-2-3-5-14(13)21-9-12/h2-5,8-9,15-20,22-23H,6-7,10-11H2,1H3. The second kappa shape index (κ2) is 7.96. The number of para-hydroxylation sites is 1. The highest BCUT2D eigenvalue weighted by molar-refractivity contribution is 5.78. The molecule has 2 fully saturated rings. The Morgan fingerprint density at radius 1 is 1.27 bits per heavy atom. The van der Waals surface area contributed by atoms with Crippen LogP contribution in [0.15, 0.2) is 36.5 Å². The van der Waals surface area contributed by atoms with Crippen molar-refractivity contribution < 1.29 is 19.3 Å². The molecule has 140 valence electrons. The van der Waals surface area contributed by atoms with Gasteiger partial charge in [-0.25, -0.2) is 0 Å². The van der Waals surface area contributed by atoms with Gasteiger partial charge in [0.05, 0.1) is 36.9 Å². The Morgan fingerprint density at radius 2 is 2.15 bits per heavy atom. The van der Waals surface area contributed by atoms with Crippen LogP contribution in [0.5, 0.6) is 0 Å². The Bertz CT molecular complexity index is 744. The predicted octanol–water partition coefficient (Wildman–Crippen LogP) is 0.414. The molecule has 0 saturated carbocycles. The predicted molar refractivity (Wildman–Crippen MR) is 96.7 cm³/mol. The Morgan fingerprint density at radius 3 is 3.04 bits per heavy atom. The van der Waals surface area contributed by atoms with Crippen molar-refractivity contribution in [3.63, 3.8) is 0 Å². The number of ether oxygens (including phenoxy) is 3. The van der Waals surface area contributed by atoms with E-state index >= 15 is 0 Å². The third-order valence-corrected chi connectivity index (χ3v) is 5.04. The van der Waals surface area contributed by atoms with Gasteiger partial charge in [0.15, 0.2) is 6.29 Å². The summed E-state index contributed by atoms with van der Waals surface area (Å²) >= 11 is 0. The summed E-state index contributed by atoms with van der Waals surface area (Å²) in [7, 11) is 1.65. The van der Waals surface area contributed by atoms with Crippen molar-refractivity contribution in [3.05, 3.63) is 42.1 Å². The first-order valence-electron chi connectivity index (χ1n) is 9.01. The molecule has 2 aromatic rings. The molecule has 26 heavy (non-hydrogen) atoms. The maximum atomic E-state index is 10.8. The quantitative estimate of drug-likeness (QED) is 0.618. The maximum Gasteiger partial charge on any atom is 0.176 e. The minimum absolute atomic E-state index is 0.149. The molecule has 5 unspecified atom stereocenters. The maximum absolute atomic E-state index is 10.8. The van der Waals surface area contributed by atoms with Gasteiger partial charge in [-0.2, -0.15) is 0 Å². The van der Waals surface area contributed by atoms with Crippen molar-refractivity contribution in [2.45, 2.75) is 37.1 Å². The van der Waals surface area contributed by atoms with E-state index in [1.807, 2.05) is 24.4 Å². The number of aromatic nitrogens is 1. The van der Waals surface area contributed by atoms with E-state index in [-0.39, 0.29) is 18.2 Å². The summed E-state index contributed by atoms with van der Waals surface area (Å²) in [6.45, 7) is 2.29. The van der Waals surface area contributed by atoms with Gasteiger partial charge in [0.2, 0.25) is 0 Å². The number of aliphatic hydroxyl groups excluding tert-OH is 1. The van der Waals surface area contributed by atoms with Gasteiger partial charge in [-0.15, -0.1) is 0 Å². The Labute approximate surface area is 152 Å². The number of nitrogens with zero attached hydrogens (tertiary/aromatic N) is 1. The van der Waals surface area contributed by atoms with E-state index in [1.54, 1.807) is 7.11 Å². The molecule has 2 saturated heterocycles. The Balaban J connectivity index is 1.42. The summed E-state index contributed by atoms with van der Waals surface area (Å²) in [5.41, 5.74) is 2.05. The first-order chi connectivity index (χ1) is 12.8. The summed E-state index contributed by atoms with van der Waals surface area (Å²) in [4.78, 5) is 4.49. The molecule has 0 amide bonds. The fourth-order valence-electron chi connectivity index (χ4n) is 3.67. The second-order valence-electron chi connectivity index (χ2n) is 6.78. The van der Waals surface area contributed by atoms with E-state index in [0.717, 1.165) is 16.5 Å². The third-order valence-electron chi connectivity index (χ3n) is 5.04. The monoisotopic (exact) mass is 359 g/mol. The van der Waals surface area contributed by atoms with Crippen LogP contribution in [0.2, 0.25) is 0 Å². The van der Waals surface area contributed by atoms with Gasteiger partial charge in [0.25, 0.3) is 0 Å². The summed E-state index contributed by atoms with van der Waals surface area (Å²) in [5.74, 6) is 0. The van der Waals surface area contributed by atoms with E-state index in [2.05, 4.69) is 27.8 Å². The number of benzene rings is 1. The van der Waals surface area contributed by atoms with Crippen molar-refractivity contribution in [2.24, 2.45) is 0 Å². The van der Waals surface area contributed by atoms with Crippen LogP contribution >= 0.6 is 0 Å². The Hall–Kier alpha value is -1.61. The molecule has 5 atom stereocenters. The number of fused-ring (bicyclic) bond motifs is 3. The molecule has 2 aliphatic rings. The number of hydrogen-bond acceptors (Lipinski definition) is 7. The lowest BCUT2D eigenvalue weighted by Gasteiger charge is -2.39. The summed E-state index contributed by atoms with van der Waals surface area (Å²) in [6.07, 6.45) is 0.705. The Kier molecular flexibility index (Phi) is 5.44. The molecule has 0 radical (unpaired) electrons. The molecule has 1 aromatic heterocycles. The molecule has 3 N–H and O–H groups in total. The summed E-state index contributed by atoms with van der Waals surface area (Å²) < 4.78 is 16.7. The van der Waals surface area contributed by atoms with Crippen LogP contribution in [0.3, 0.4) is 0 Å². The molecule has 7 nitrogen and oxygen atoms in total. The number of rotatable bonds is 7. The molecule has 0 aliphatic carbocycles. The molecule has 3 heterocycles. The molecule has 0 spiro atoms. The lowest BCUT2D eigenvalue weighted by Crippen LogP contribution is -2.63. The van der Waals surface area contributed by atoms with Crippen LogP contribution in [0.4, 0.5) is 0 Å². The number of pyridine rings is 1. The fourth-order valence-corrected chi connectivity index (χ4v) is 3.67. The van der Waals surface area contributed by atoms with Crippen LogP contribution in [0.1, 0.15) is 5.56 Å². The first-order valence-corrected chi connectivity index (χ1v) is 9.01. The van der Waals surface area contributed by atoms with E-state index < -0.39 is 12.4 Å². The van der Waals surface area contributed by atoms with Crippen LogP contribution in [0.25, 0.3) is 10.9 Å². The average molecular weight is 359 g/mol. The number of hydrogen-bond donors (Lipinski definition) is 3. The van der Waals surface area contributed by atoms with Crippen molar-refractivity contribution >= 4 is 10.9 Å². The lowest BCUT2D eigenvalue weighted by atomic mass is 9.95. The van der Waals surface area contributed by atoms with Crippen molar-refractivity contribution in [3.8, 4) is 0 Å². The lowest BCUT2D eigenvalue weighted by molar-refractivity contribution is -0.153. The number of nitrogens with one attached hydrogen (secondary N) is 2. The topological polar surface area (TPSA) is 84.9 Å². The van der Waals surface area contributed by atoms with E-state index in [9.17, 15) is 5.11 Å². The normalized spacial score (nSPS) is 30.8. The highest BCUT2D eigenvalue weighted by atomic mass is 16.7. The number of aliphatic hydroxyl groups is 1. The molecule has 4 rings (SSSR count). The number of methoxy groups -OCH3 is 1. The molecule has 7 heteroatoms. The summed E-state index contributed by atoms with van der Waals surface area (Å²) in [5, 5.41) is 18.6. The molecular formula is C19H25N3O4. The molecule has 2 bridgehead atoms. The zero-order valence-corrected chi connectivity index (χ0v) is 14.8. The smallest absolute Gasteiger partial charge is 0.176 e. The van der Waals surface area contributed by atoms with Crippen LogP contribution in [-0.4, -0.2) is 67.5 Å². The van der Waals surface area contributed by atoms with Crippen LogP contribution < -0.4 is 10.6 Å². The minimum Gasteiger partial charge on any atom is -0.390 e. The van der Waals surface area contributed by atoms with E-state index in [1.165, 1.54) is 0 Å². The van der Waals surface area contributed by atoms with Gasteiger partial charge >= 0.3 is 0 Å². The second-order valence-corrected chi connectivity index (χ2v) is 6.78. The fraction of sp³-hybridized carbons (Fsp3) is 0.526. The summed E-state index contributed by atoms with van der Waals surface area (Å²) in [6, 6.07) is 9.67. The van der Waals surface area contributed by atoms with Crippen molar-refractivity contribution in [2.75, 3.05) is 26.9 Å². The molecule has 2 aliphatic heterocycles. The SMILES string of the molecule is COCCNC1C2OCC(O2)C(NCc2cnc3ccccc3c2)C1O. The van der Waals surface area contributed by atoms with Gasteiger partial charge < -0.3 is 30.0 Å². The molecular weight excluding hydrogens is 334 g/mol. The van der Waals surface area contributed by atoms with Gasteiger partial charge in [-0.3, -0.25) is 4.98 Å². The van der Waals surface area contributed by atoms with Crippen LogP contribution in [0, 0.1) is 0 Å². The van der Waals surface area contributed by atoms with Gasteiger partial charge in [0.1, 0.15) is 6.10 Å². The van der Waals surface area contributed by atoms with E-state index in [0.29, 0.717) is 26.3 Å². The van der Waals surface area contributed by atoms with Gasteiger partial charge in [-0.1, -0.05) is 18.2 Å². The van der Waals surface area contributed by atoms with Gasteiger partial charge in [0, 0.05) is 31.8 Å². The zero-order chi connectivity index (χ0) is 17.9. The van der Waals surface area contributed by atoms with Gasteiger partial charge in [-0.05, 0) is 17.7 Å². The molecule has 1 aromatic carbocycles. The minimum atomic E-state index is -0.605. The van der Waals surface area contributed by atoms with Crippen molar-refractivity contribution in [1.82, 2.24) is 15.6 Å². The first kappa shape index (κ1) is 17.8.